The van der Waals surface area contributed by atoms with Crippen LogP contribution in [0.15, 0.2) is 63.8 Å². The van der Waals surface area contributed by atoms with Crippen molar-refractivity contribution in [3.63, 3.8) is 0 Å². The number of ether oxygens (including phenoxy) is 1. The van der Waals surface area contributed by atoms with Gasteiger partial charge in [0.2, 0.25) is 0 Å². The predicted octanol–water partition coefficient (Wildman–Crippen LogP) is 2.91. The molecule has 0 aliphatic heterocycles. The largest absolute Gasteiger partial charge is 0.489 e. The van der Waals surface area contributed by atoms with Gasteiger partial charge in [-0.2, -0.15) is 0 Å². The highest BCUT2D eigenvalue weighted by Gasteiger charge is 2.07. The lowest BCUT2D eigenvalue weighted by atomic mass is 10.1. The van der Waals surface area contributed by atoms with E-state index in [-0.39, 0.29) is 6.61 Å². The van der Waals surface area contributed by atoms with Gasteiger partial charge >= 0.3 is 5.63 Å². The second-order valence-corrected chi connectivity index (χ2v) is 5.00. The molecule has 112 valence electrons. The van der Waals surface area contributed by atoms with Gasteiger partial charge in [-0.1, -0.05) is 30.3 Å². The lowest BCUT2D eigenvalue weighted by Crippen LogP contribution is -2.03. The van der Waals surface area contributed by atoms with Gasteiger partial charge in [-0.15, -0.1) is 0 Å². The zero-order valence-electron chi connectivity index (χ0n) is 12.0. The van der Waals surface area contributed by atoms with Gasteiger partial charge in [0.25, 0.3) is 0 Å². The van der Waals surface area contributed by atoms with E-state index in [2.05, 4.69) is 0 Å². The Labute approximate surface area is 127 Å². The SMILES string of the molecule is O=c1cc(CCO)c2ccc(OCc3ccccc3)cc2o1. The molecule has 2 aromatic carbocycles. The molecule has 22 heavy (non-hydrogen) atoms. The number of fused-ring (bicyclic) bond motifs is 1. The number of rotatable bonds is 5. The average molecular weight is 296 g/mol. The molecule has 1 aromatic heterocycles. The molecule has 0 amide bonds. The van der Waals surface area contributed by atoms with Crippen molar-refractivity contribution in [2.24, 2.45) is 0 Å². The van der Waals surface area contributed by atoms with Crippen LogP contribution in [-0.4, -0.2) is 11.7 Å². The smallest absolute Gasteiger partial charge is 0.336 e. The third kappa shape index (κ3) is 3.18. The van der Waals surface area contributed by atoms with Crippen molar-refractivity contribution in [1.82, 2.24) is 0 Å². The molecule has 4 heteroatoms. The van der Waals surface area contributed by atoms with Crippen LogP contribution < -0.4 is 10.4 Å². The average Bonchev–Trinajstić information content (AvgIpc) is 2.54. The third-order valence-corrected chi connectivity index (χ3v) is 3.43. The van der Waals surface area contributed by atoms with E-state index in [1.54, 1.807) is 6.07 Å². The van der Waals surface area contributed by atoms with E-state index in [9.17, 15) is 4.79 Å². The van der Waals surface area contributed by atoms with Gasteiger partial charge in [0, 0.05) is 24.1 Å². The zero-order valence-corrected chi connectivity index (χ0v) is 12.0. The fourth-order valence-corrected chi connectivity index (χ4v) is 2.37. The van der Waals surface area contributed by atoms with Gasteiger partial charge in [-0.25, -0.2) is 4.79 Å². The minimum atomic E-state index is -0.420. The Balaban J connectivity index is 1.88. The molecule has 0 radical (unpaired) electrons. The lowest BCUT2D eigenvalue weighted by Gasteiger charge is -2.08. The number of benzene rings is 2. The first-order valence-electron chi connectivity index (χ1n) is 7.10. The molecule has 3 aromatic rings. The van der Waals surface area contributed by atoms with Crippen LogP contribution in [0.1, 0.15) is 11.1 Å². The summed E-state index contributed by atoms with van der Waals surface area (Å²) in [5.74, 6) is 0.639. The maximum absolute atomic E-state index is 11.6. The van der Waals surface area contributed by atoms with E-state index in [1.807, 2.05) is 42.5 Å². The van der Waals surface area contributed by atoms with E-state index < -0.39 is 5.63 Å². The standard InChI is InChI=1S/C18H16O4/c19-9-8-14-10-18(20)22-17-11-15(6-7-16(14)17)21-12-13-4-2-1-3-5-13/h1-7,10-11,19H,8-9,12H2. The molecule has 0 atom stereocenters. The second kappa shape index (κ2) is 6.45. The number of aliphatic hydroxyl groups excluding tert-OH is 1. The first-order valence-corrected chi connectivity index (χ1v) is 7.10. The summed E-state index contributed by atoms with van der Waals surface area (Å²) in [4.78, 5) is 11.6. The highest BCUT2D eigenvalue weighted by molar-refractivity contribution is 5.81. The summed E-state index contributed by atoms with van der Waals surface area (Å²) in [5.41, 5.74) is 1.90. The zero-order chi connectivity index (χ0) is 15.4. The van der Waals surface area contributed by atoms with Crippen molar-refractivity contribution in [1.29, 1.82) is 0 Å². The van der Waals surface area contributed by atoms with E-state index in [4.69, 9.17) is 14.3 Å². The van der Waals surface area contributed by atoms with Gasteiger partial charge < -0.3 is 14.3 Å². The normalized spacial score (nSPS) is 10.8. The van der Waals surface area contributed by atoms with Gasteiger partial charge in [-0.05, 0) is 29.7 Å². The molecular formula is C18H16O4. The van der Waals surface area contributed by atoms with Crippen molar-refractivity contribution in [3.05, 3.63) is 76.1 Å². The summed E-state index contributed by atoms with van der Waals surface area (Å²) >= 11 is 0. The predicted molar refractivity (Wildman–Crippen MR) is 84.0 cm³/mol. The quantitative estimate of drug-likeness (QED) is 0.735. The van der Waals surface area contributed by atoms with E-state index in [1.165, 1.54) is 6.07 Å². The first kappa shape index (κ1) is 14.4. The molecule has 0 bridgehead atoms. The fourth-order valence-electron chi connectivity index (χ4n) is 2.37. The molecule has 1 N–H and O–H groups in total. The minimum Gasteiger partial charge on any atom is -0.489 e. The summed E-state index contributed by atoms with van der Waals surface area (Å²) in [7, 11) is 0. The first-order chi connectivity index (χ1) is 10.8. The molecule has 4 nitrogen and oxygen atoms in total. The number of hydrogen-bond donors (Lipinski definition) is 1. The van der Waals surface area contributed by atoms with Crippen LogP contribution >= 0.6 is 0 Å². The molecular weight excluding hydrogens is 280 g/mol. The van der Waals surface area contributed by atoms with E-state index in [0.717, 1.165) is 16.5 Å². The van der Waals surface area contributed by atoms with E-state index in [0.29, 0.717) is 24.4 Å². The molecule has 0 aliphatic carbocycles. The van der Waals surface area contributed by atoms with Crippen molar-refractivity contribution < 1.29 is 14.3 Å². The molecule has 0 unspecified atom stereocenters. The van der Waals surface area contributed by atoms with Gasteiger partial charge in [0.15, 0.2) is 0 Å². The monoisotopic (exact) mass is 296 g/mol. The topological polar surface area (TPSA) is 59.7 Å². The molecule has 1 heterocycles. The molecule has 0 aliphatic rings. The Morgan fingerprint density at radius 1 is 1.05 bits per heavy atom. The second-order valence-electron chi connectivity index (χ2n) is 5.00. The van der Waals surface area contributed by atoms with Crippen LogP contribution in [-0.2, 0) is 13.0 Å². The van der Waals surface area contributed by atoms with Gasteiger partial charge in [-0.3, -0.25) is 0 Å². The van der Waals surface area contributed by atoms with Crippen LogP contribution in [0.25, 0.3) is 11.0 Å². The number of hydrogen-bond acceptors (Lipinski definition) is 4. The van der Waals surface area contributed by atoms with Crippen LogP contribution in [0.4, 0.5) is 0 Å². The molecule has 0 fully saturated rings. The Bertz CT molecular complexity index is 821. The van der Waals surface area contributed by atoms with E-state index >= 15 is 0 Å². The summed E-state index contributed by atoms with van der Waals surface area (Å²) in [6.07, 6.45) is 0.423. The van der Waals surface area contributed by atoms with Crippen LogP contribution in [0.2, 0.25) is 0 Å². The maximum Gasteiger partial charge on any atom is 0.336 e. The highest BCUT2D eigenvalue weighted by atomic mass is 16.5. The lowest BCUT2D eigenvalue weighted by molar-refractivity contribution is 0.299. The summed E-state index contributed by atoms with van der Waals surface area (Å²) in [5, 5.41) is 9.90. The maximum atomic E-state index is 11.6. The fraction of sp³-hybridized carbons (Fsp3) is 0.167. The summed E-state index contributed by atoms with van der Waals surface area (Å²) < 4.78 is 11.0. The van der Waals surface area contributed by atoms with Crippen molar-refractivity contribution in [3.8, 4) is 5.75 Å². The minimum absolute atomic E-state index is 0.00912. The third-order valence-electron chi connectivity index (χ3n) is 3.43. The molecule has 0 saturated heterocycles. The number of aliphatic hydroxyl groups is 1. The van der Waals surface area contributed by atoms with Crippen LogP contribution in [0, 0.1) is 0 Å². The molecule has 3 rings (SSSR count). The van der Waals surface area contributed by atoms with Gasteiger partial charge in [0.1, 0.15) is 17.9 Å². The Hall–Kier alpha value is -2.59. The Kier molecular flexibility index (Phi) is 4.21. The summed E-state index contributed by atoms with van der Waals surface area (Å²) in [6.45, 7) is 0.442. The van der Waals surface area contributed by atoms with Crippen molar-refractivity contribution in [2.45, 2.75) is 13.0 Å². The molecule has 0 spiro atoms. The Morgan fingerprint density at radius 2 is 1.86 bits per heavy atom. The Morgan fingerprint density at radius 3 is 2.64 bits per heavy atom. The van der Waals surface area contributed by atoms with Crippen molar-refractivity contribution >= 4 is 11.0 Å². The highest BCUT2D eigenvalue weighted by Crippen LogP contribution is 2.23. The van der Waals surface area contributed by atoms with Crippen LogP contribution in [0.3, 0.4) is 0 Å². The van der Waals surface area contributed by atoms with Gasteiger partial charge in [0.05, 0.1) is 0 Å². The van der Waals surface area contributed by atoms with Crippen LogP contribution in [0.5, 0.6) is 5.75 Å². The summed E-state index contributed by atoms with van der Waals surface area (Å²) in [6, 6.07) is 16.7. The molecule has 0 saturated carbocycles. The van der Waals surface area contributed by atoms with Crippen molar-refractivity contribution in [2.75, 3.05) is 6.61 Å².